The summed E-state index contributed by atoms with van der Waals surface area (Å²) in [6, 6.07) is 9.93. The van der Waals surface area contributed by atoms with Gasteiger partial charge in [0.25, 0.3) is 5.91 Å². The number of aromatic nitrogens is 3. The Morgan fingerprint density at radius 1 is 1.12 bits per heavy atom. The van der Waals surface area contributed by atoms with Gasteiger partial charge < -0.3 is 19.5 Å². The molecule has 0 spiro atoms. The van der Waals surface area contributed by atoms with Crippen LogP contribution in [0.25, 0.3) is 5.65 Å². The molecule has 0 atom stereocenters. The van der Waals surface area contributed by atoms with Crippen LogP contribution in [0.2, 0.25) is 0 Å². The smallest absolute Gasteiger partial charge is 0.272 e. The number of nitrogens with zero attached hydrogens (tertiary/aromatic N) is 4. The van der Waals surface area contributed by atoms with Crippen LogP contribution in [0.5, 0.6) is 11.5 Å². The third-order valence-corrected chi connectivity index (χ3v) is 7.13. The number of carbonyl (C=O) groups excluding carboxylic acids is 1. The first kappa shape index (κ1) is 22.6. The van der Waals surface area contributed by atoms with Crippen molar-refractivity contribution in [1.82, 2.24) is 24.8 Å². The molecule has 5 rings (SSSR count). The van der Waals surface area contributed by atoms with Crippen LogP contribution in [0.4, 0.5) is 0 Å². The lowest BCUT2D eigenvalue weighted by Crippen LogP contribution is -2.53. The molecule has 9 nitrogen and oxygen atoms in total. The lowest BCUT2D eigenvalue weighted by molar-refractivity contribution is 0.000703. The van der Waals surface area contributed by atoms with Gasteiger partial charge in [0, 0.05) is 37.6 Å². The molecule has 2 fully saturated rings. The molecule has 180 valence electrons. The van der Waals surface area contributed by atoms with Crippen LogP contribution < -0.4 is 14.8 Å². The van der Waals surface area contributed by atoms with Gasteiger partial charge in [0.1, 0.15) is 0 Å². The summed E-state index contributed by atoms with van der Waals surface area (Å²) in [5, 5.41) is 7.78. The molecule has 9 heteroatoms. The van der Waals surface area contributed by atoms with E-state index < -0.39 is 5.54 Å². The number of amides is 1. The van der Waals surface area contributed by atoms with E-state index >= 15 is 0 Å². The molecule has 1 aromatic carbocycles. The Hall–Kier alpha value is -3.17. The second-order valence-corrected chi connectivity index (χ2v) is 8.94. The summed E-state index contributed by atoms with van der Waals surface area (Å²) >= 11 is 0. The summed E-state index contributed by atoms with van der Waals surface area (Å²) in [5.74, 6) is 1.12. The molecule has 1 N–H and O–H groups in total. The third kappa shape index (κ3) is 4.33. The molecule has 1 saturated carbocycles. The van der Waals surface area contributed by atoms with E-state index in [1.54, 1.807) is 43.3 Å². The maximum absolute atomic E-state index is 13.4. The fourth-order valence-electron chi connectivity index (χ4n) is 5.25. The highest BCUT2D eigenvalue weighted by Crippen LogP contribution is 2.42. The number of nitrogens with one attached hydrogen (secondary N) is 1. The molecule has 1 aliphatic heterocycles. The van der Waals surface area contributed by atoms with Gasteiger partial charge in [-0.3, -0.25) is 9.69 Å². The SMILES string of the molecule is COc1ccc(C2(NC(=O)c3cc4ncccn4n3)CCC(N3CCOCC3)CC2)cc1OC. The number of methoxy groups -OCH3 is 2. The molecule has 0 bridgehead atoms. The Morgan fingerprint density at radius 2 is 1.88 bits per heavy atom. The minimum absolute atomic E-state index is 0.204. The largest absolute Gasteiger partial charge is 0.493 e. The van der Waals surface area contributed by atoms with Gasteiger partial charge in [-0.15, -0.1) is 0 Å². The minimum atomic E-state index is -0.525. The first-order valence-electron chi connectivity index (χ1n) is 11.8. The Balaban J connectivity index is 1.44. The van der Waals surface area contributed by atoms with Gasteiger partial charge in [-0.1, -0.05) is 6.07 Å². The van der Waals surface area contributed by atoms with Gasteiger partial charge in [0.2, 0.25) is 0 Å². The quantitative estimate of drug-likeness (QED) is 0.599. The minimum Gasteiger partial charge on any atom is -0.493 e. The van der Waals surface area contributed by atoms with Crippen molar-refractivity contribution >= 4 is 11.6 Å². The average Bonchev–Trinajstić information content (AvgIpc) is 3.34. The summed E-state index contributed by atoms with van der Waals surface area (Å²) in [6.45, 7) is 3.51. The summed E-state index contributed by atoms with van der Waals surface area (Å²) in [5.41, 5.74) is 1.49. The number of fused-ring (bicyclic) bond motifs is 1. The van der Waals surface area contributed by atoms with E-state index in [0.29, 0.717) is 28.9 Å². The number of hydrogen-bond donors (Lipinski definition) is 1. The van der Waals surface area contributed by atoms with Crippen molar-refractivity contribution in [2.45, 2.75) is 37.3 Å². The second kappa shape index (κ2) is 9.60. The van der Waals surface area contributed by atoms with E-state index in [-0.39, 0.29) is 5.91 Å². The van der Waals surface area contributed by atoms with Gasteiger partial charge >= 0.3 is 0 Å². The maximum atomic E-state index is 13.4. The summed E-state index contributed by atoms with van der Waals surface area (Å²) in [7, 11) is 3.26. The molecule has 2 aliphatic rings. The summed E-state index contributed by atoms with van der Waals surface area (Å²) in [4.78, 5) is 20.2. The van der Waals surface area contributed by atoms with Crippen LogP contribution in [0, 0.1) is 0 Å². The maximum Gasteiger partial charge on any atom is 0.272 e. The highest BCUT2D eigenvalue weighted by atomic mass is 16.5. The molecule has 1 amide bonds. The topological polar surface area (TPSA) is 90.2 Å². The number of benzene rings is 1. The lowest BCUT2D eigenvalue weighted by atomic mass is 9.74. The zero-order valence-electron chi connectivity index (χ0n) is 19.7. The summed E-state index contributed by atoms with van der Waals surface area (Å²) in [6.07, 6.45) is 7.10. The first-order chi connectivity index (χ1) is 16.6. The van der Waals surface area contributed by atoms with Gasteiger partial charge in [-0.05, 0) is 49.4 Å². The van der Waals surface area contributed by atoms with Crippen molar-refractivity contribution in [1.29, 1.82) is 0 Å². The van der Waals surface area contributed by atoms with Crippen LogP contribution in [0.3, 0.4) is 0 Å². The summed E-state index contributed by atoms with van der Waals surface area (Å²) < 4.78 is 18.2. The van der Waals surface area contributed by atoms with Crippen LogP contribution >= 0.6 is 0 Å². The predicted octanol–water partition coefficient (Wildman–Crippen LogP) is 2.65. The monoisotopic (exact) mass is 465 g/mol. The second-order valence-electron chi connectivity index (χ2n) is 8.94. The molecular weight excluding hydrogens is 434 g/mol. The molecule has 0 radical (unpaired) electrons. The number of ether oxygens (including phenoxy) is 3. The van der Waals surface area contributed by atoms with Crippen LogP contribution in [-0.4, -0.2) is 72.0 Å². The molecule has 1 aliphatic carbocycles. The van der Waals surface area contributed by atoms with Crippen molar-refractivity contribution < 1.29 is 19.0 Å². The zero-order valence-corrected chi connectivity index (χ0v) is 19.7. The van der Waals surface area contributed by atoms with E-state index in [4.69, 9.17) is 14.2 Å². The van der Waals surface area contributed by atoms with Gasteiger partial charge in [-0.2, -0.15) is 5.10 Å². The van der Waals surface area contributed by atoms with E-state index in [1.165, 1.54) is 0 Å². The Bertz CT molecular complexity index is 1120. The van der Waals surface area contributed by atoms with E-state index in [0.717, 1.165) is 57.6 Å². The van der Waals surface area contributed by atoms with Gasteiger partial charge in [-0.25, -0.2) is 9.50 Å². The van der Waals surface area contributed by atoms with Crippen LogP contribution in [0.15, 0.2) is 42.7 Å². The Labute approximate surface area is 199 Å². The molecule has 0 unspecified atom stereocenters. The third-order valence-electron chi connectivity index (χ3n) is 7.13. The van der Waals surface area contributed by atoms with E-state index in [9.17, 15) is 4.79 Å². The number of rotatable bonds is 6. The normalized spacial score (nSPS) is 23.5. The first-order valence-corrected chi connectivity index (χ1v) is 11.8. The number of hydrogen-bond acceptors (Lipinski definition) is 7. The van der Waals surface area contributed by atoms with Crippen LogP contribution in [0.1, 0.15) is 41.7 Å². The fourth-order valence-corrected chi connectivity index (χ4v) is 5.25. The zero-order chi connectivity index (χ0) is 23.5. The molecule has 3 aromatic rings. The van der Waals surface area contributed by atoms with E-state index in [2.05, 4.69) is 20.3 Å². The molecule has 2 aromatic heterocycles. The molecular formula is C25H31N5O4. The molecule has 34 heavy (non-hydrogen) atoms. The predicted molar refractivity (Wildman–Crippen MR) is 126 cm³/mol. The van der Waals surface area contributed by atoms with Crippen molar-refractivity contribution in [3.8, 4) is 11.5 Å². The average molecular weight is 466 g/mol. The fraction of sp³-hybridized carbons (Fsp3) is 0.480. The van der Waals surface area contributed by atoms with Gasteiger partial charge in [0.05, 0.1) is 33.0 Å². The van der Waals surface area contributed by atoms with Crippen molar-refractivity contribution in [3.05, 3.63) is 54.0 Å². The van der Waals surface area contributed by atoms with Crippen LogP contribution in [-0.2, 0) is 10.3 Å². The highest BCUT2D eigenvalue weighted by Gasteiger charge is 2.41. The lowest BCUT2D eigenvalue weighted by Gasteiger charge is -2.45. The number of morpholine rings is 1. The van der Waals surface area contributed by atoms with Crippen molar-refractivity contribution in [2.24, 2.45) is 0 Å². The van der Waals surface area contributed by atoms with Crippen molar-refractivity contribution in [3.63, 3.8) is 0 Å². The van der Waals surface area contributed by atoms with E-state index in [1.807, 2.05) is 18.2 Å². The highest BCUT2D eigenvalue weighted by molar-refractivity contribution is 5.94. The van der Waals surface area contributed by atoms with Gasteiger partial charge in [0.15, 0.2) is 22.8 Å². The Morgan fingerprint density at radius 3 is 2.59 bits per heavy atom. The van der Waals surface area contributed by atoms with Crippen molar-refractivity contribution in [2.75, 3.05) is 40.5 Å². The molecule has 1 saturated heterocycles. The number of carbonyl (C=O) groups is 1. The Kier molecular flexibility index (Phi) is 6.38. The standard InChI is InChI=1S/C25H31N5O4/c1-32-21-5-4-18(16-22(21)33-2)25(8-6-19(7-9-25)29-12-14-34-15-13-29)27-24(31)20-17-23-26-10-3-11-30(23)28-20/h3-5,10-11,16-17,19H,6-9,12-15H2,1-2H3,(H,27,31). The molecule has 3 heterocycles.